The summed E-state index contributed by atoms with van der Waals surface area (Å²) in [6.07, 6.45) is 0.912. The van der Waals surface area contributed by atoms with Crippen molar-refractivity contribution in [3.8, 4) is 0 Å². The first kappa shape index (κ1) is 15.4. The van der Waals surface area contributed by atoms with Crippen LogP contribution in [0, 0.1) is 0 Å². The van der Waals surface area contributed by atoms with Gasteiger partial charge in [-0.1, -0.05) is 41.9 Å². The van der Waals surface area contributed by atoms with Gasteiger partial charge in [0.15, 0.2) is 0 Å². The minimum Gasteiger partial charge on any atom is -0.327 e. The molecule has 0 radical (unpaired) electrons. The SMILES string of the molecule is O=C(c1ccc(Cl)cc1)N1CCc2sccc2C1c1ccccc1. The molecule has 1 aliphatic heterocycles. The van der Waals surface area contributed by atoms with Gasteiger partial charge in [-0.2, -0.15) is 0 Å². The van der Waals surface area contributed by atoms with E-state index in [1.165, 1.54) is 10.4 Å². The molecule has 24 heavy (non-hydrogen) atoms. The second-order valence-corrected chi connectivity index (χ2v) is 7.30. The summed E-state index contributed by atoms with van der Waals surface area (Å²) in [7, 11) is 0. The van der Waals surface area contributed by atoms with Crippen molar-refractivity contribution in [2.45, 2.75) is 12.5 Å². The van der Waals surface area contributed by atoms with E-state index in [0.717, 1.165) is 18.5 Å². The molecule has 2 nitrogen and oxygen atoms in total. The topological polar surface area (TPSA) is 20.3 Å². The Morgan fingerprint density at radius 1 is 1.04 bits per heavy atom. The van der Waals surface area contributed by atoms with Crippen LogP contribution in [0.2, 0.25) is 5.02 Å². The molecule has 1 aliphatic rings. The number of carbonyl (C=O) groups is 1. The highest BCUT2D eigenvalue weighted by molar-refractivity contribution is 7.10. The number of amides is 1. The highest BCUT2D eigenvalue weighted by Gasteiger charge is 2.33. The van der Waals surface area contributed by atoms with E-state index in [1.807, 2.05) is 23.1 Å². The molecule has 0 bridgehead atoms. The zero-order chi connectivity index (χ0) is 16.5. The summed E-state index contributed by atoms with van der Waals surface area (Å²) in [5.74, 6) is 0.0531. The molecule has 2 aromatic carbocycles. The number of carbonyl (C=O) groups excluding carboxylic acids is 1. The molecule has 3 aromatic rings. The first-order valence-electron chi connectivity index (χ1n) is 7.92. The Labute approximate surface area is 150 Å². The maximum absolute atomic E-state index is 13.1. The average molecular weight is 354 g/mol. The third-order valence-electron chi connectivity index (χ3n) is 4.43. The minimum absolute atomic E-state index is 0.0237. The van der Waals surface area contributed by atoms with Gasteiger partial charge in [-0.15, -0.1) is 11.3 Å². The number of hydrogen-bond donors (Lipinski definition) is 0. The average Bonchev–Trinajstić information content (AvgIpc) is 3.10. The smallest absolute Gasteiger partial charge is 0.254 e. The Hall–Kier alpha value is -2.10. The highest BCUT2D eigenvalue weighted by atomic mass is 35.5. The minimum atomic E-state index is -0.0237. The van der Waals surface area contributed by atoms with Crippen LogP contribution in [0.25, 0.3) is 0 Å². The molecule has 4 rings (SSSR count). The van der Waals surface area contributed by atoms with Crippen molar-refractivity contribution in [2.24, 2.45) is 0 Å². The second-order valence-electron chi connectivity index (χ2n) is 5.87. The van der Waals surface area contributed by atoms with Crippen LogP contribution in [-0.4, -0.2) is 17.4 Å². The monoisotopic (exact) mass is 353 g/mol. The molecular formula is C20H16ClNOS. The van der Waals surface area contributed by atoms with Crippen LogP contribution in [0.15, 0.2) is 66.0 Å². The lowest BCUT2D eigenvalue weighted by atomic mass is 9.92. The van der Waals surface area contributed by atoms with E-state index in [-0.39, 0.29) is 11.9 Å². The van der Waals surface area contributed by atoms with E-state index < -0.39 is 0 Å². The van der Waals surface area contributed by atoms with Crippen molar-refractivity contribution >= 4 is 28.8 Å². The number of rotatable bonds is 2. The van der Waals surface area contributed by atoms with Gasteiger partial charge in [0, 0.05) is 22.0 Å². The molecule has 4 heteroatoms. The number of fused-ring (bicyclic) bond motifs is 1. The predicted octanol–water partition coefficient (Wildman–Crippen LogP) is 5.19. The van der Waals surface area contributed by atoms with Gasteiger partial charge in [-0.3, -0.25) is 4.79 Å². The molecule has 2 heterocycles. The van der Waals surface area contributed by atoms with Crippen molar-refractivity contribution in [1.29, 1.82) is 0 Å². The normalized spacial score (nSPS) is 16.7. The van der Waals surface area contributed by atoms with E-state index >= 15 is 0 Å². The van der Waals surface area contributed by atoms with Crippen LogP contribution in [0.3, 0.4) is 0 Å². The lowest BCUT2D eigenvalue weighted by Gasteiger charge is -2.36. The largest absolute Gasteiger partial charge is 0.327 e. The Bertz CT molecular complexity index is 857. The van der Waals surface area contributed by atoms with Crippen molar-refractivity contribution in [3.63, 3.8) is 0 Å². The van der Waals surface area contributed by atoms with Crippen LogP contribution >= 0.6 is 22.9 Å². The molecule has 0 fully saturated rings. The fourth-order valence-electron chi connectivity index (χ4n) is 3.29. The fourth-order valence-corrected chi connectivity index (χ4v) is 4.32. The number of thiophene rings is 1. The zero-order valence-corrected chi connectivity index (χ0v) is 14.6. The Morgan fingerprint density at radius 2 is 1.79 bits per heavy atom. The molecule has 1 aromatic heterocycles. The highest BCUT2D eigenvalue weighted by Crippen LogP contribution is 2.38. The van der Waals surface area contributed by atoms with E-state index in [9.17, 15) is 4.79 Å². The summed E-state index contributed by atoms with van der Waals surface area (Å²) in [6, 6.07) is 19.5. The van der Waals surface area contributed by atoms with Gasteiger partial charge in [0.2, 0.25) is 0 Å². The molecule has 0 N–H and O–H groups in total. The zero-order valence-electron chi connectivity index (χ0n) is 13.0. The van der Waals surface area contributed by atoms with Crippen LogP contribution in [-0.2, 0) is 6.42 Å². The number of nitrogens with zero attached hydrogens (tertiary/aromatic N) is 1. The molecule has 0 saturated carbocycles. The van der Waals surface area contributed by atoms with Crippen LogP contribution < -0.4 is 0 Å². The van der Waals surface area contributed by atoms with Gasteiger partial charge < -0.3 is 4.90 Å². The summed E-state index contributed by atoms with van der Waals surface area (Å²) < 4.78 is 0. The molecule has 0 saturated heterocycles. The van der Waals surface area contributed by atoms with Crippen molar-refractivity contribution in [3.05, 3.63) is 92.6 Å². The molecule has 0 spiro atoms. The Balaban J connectivity index is 1.76. The van der Waals surface area contributed by atoms with Gasteiger partial charge in [0.05, 0.1) is 6.04 Å². The third kappa shape index (κ3) is 2.74. The Morgan fingerprint density at radius 3 is 2.54 bits per heavy atom. The third-order valence-corrected chi connectivity index (χ3v) is 5.68. The molecule has 1 unspecified atom stereocenters. The molecule has 120 valence electrons. The first-order chi connectivity index (χ1) is 11.7. The lowest BCUT2D eigenvalue weighted by molar-refractivity contribution is 0.0696. The van der Waals surface area contributed by atoms with Gasteiger partial charge in [-0.05, 0) is 53.3 Å². The van der Waals surface area contributed by atoms with E-state index in [4.69, 9.17) is 11.6 Å². The maximum Gasteiger partial charge on any atom is 0.254 e. The van der Waals surface area contributed by atoms with Gasteiger partial charge in [0.25, 0.3) is 5.91 Å². The first-order valence-corrected chi connectivity index (χ1v) is 9.17. The second kappa shape index (κ2) is 6.42. The van der Waals surface area contributed by atoms with Crippen molar-refractivity contribution in [1.82, 2.24) is 4.90 Å². The molecule has 1 atom stereocenters. The van der Waals surface area contributed by atoms with Crippen LogP contribution in [0.1, 0.15) is 32.4 Å². The number of halogens is 1. The Kier molecular flexibility index (Phi) is 4.13. The van der Waals surface area contributed by atoms with E-state index in [2.05, 4.69) is 23.6 Å². The van der Waals surface area contributed by atoms with E-state index in [1.54, 1.807) is 35.6 Å². The number of benzene rings is 2. The number of hydrogen-bond acceptors (Lipinski definition) is 2. The molecule has 0 aliphatic carbocycles. The van der Waals surface area contributed by atoms with Gasteiger partial charge in [-0.25, -0.2) is 0 Å². The van der Waals surface area contributed by atoms with Crippen LogP contribution in [0.4, 0.5) is 0 Å². The van der Waals surface area contributed by atoms with Crippen LogP contribution in [0.5, 0.6) is 0 Å². The maximum atomic E-state index is 13.1. The van der Waals surface area contributed by atoms with Gasteiger partial charge >= 0.3 is 0 Å². The lowest BCUT2D eigenvalue weighted by Crippen LogP contribution is -2.40. The quantitative estimate of drug-likeness (QED) is 0.621. The summed E-state index contributed by atoms with van der Waals surface area (Å²) >= 11 is 7.74. The summed E-state index contributed by atoms with van der Waals surface area (Å²) in [5, 5.41) is 2.77. The van der Waals surface area contributed by atoms with Crippen molar-refractivity contribution < 1.29 is 4.79 Å². The predicted molar refractivity (Wildman–Crippen MR) is 98.8 cm³/mol. The van der Waals surface area contributed by atoms with Crippen molar-refractivity contribution in [2.75, 3.05) is 6.54 Å². The fraction of sp³-hybridized carbons (Fsp3) is 0.150. The summed E-state index contributed by atoms with van der Waals surface area (Å²) in [6.45, 7) is 0.731. The standard InChI is InChI=1S/C20H16ClNOS/c21-16-8-6-15(7-9-16)20(23)22-12-10-18-17(11-13-24-18)19(22)14-4-2-1-3-5-14/h1-9,11,13,19H,10,12H2. The summed E-state index contributed by atoms with van der Waals surface area (Å²) in [4.78, 5) is 16.5. The molecule has 1 amide bonds. The summed E-state index contributed by atoms with van der Waals surface area (Å²) in [5.41, 5.74) is 3.08. The van der Waals surface area contributed by atoms with Gasteiger partial charge in [0.1, 0.15) is 0 Å². The van der Waals surface area contributed by atoms with E-state index in [0.29, 0.717) is 10.6 Å². The molecular weight excluding hydrogens is 338 g/mol.